The number of allylic oxidation sites excluding steroid dienone is 1. The van der Waals surface area contributed by atoms with Crippen LogP contribution in [0.15, 0.2) is 12.2 Å². The van der Waals surface area contributed by atoms with Crippen molar-refractivity contribution in [2.45, 2.75) is 38.6 Å². The molecule has 0 aromatic carbocycles. The van der Waals surface area contributed by atoms with Gasteiger partial charge in [-0.25, -0.2) is 0 Å². The summed E-state index contributed by atoms with van der Waals surface area (Å²) in [6, 6.07) is 0.842. The number of hydrogen-bond donors (Lipinski definition) is 1. The molecule has 0 spiro atoms. The third-order valence-electron chi connectivity index (χ3n) is 1.88. The minimum absolute atomic E-state index is 0.842. The summed E-state index contributed by atoms with van der Waals surface area (Å²) in [4.78, 5) is 0. The first kappa shape index (κ1) is 9.35. The number of nitrogens with one attached hydrogen (secondary N) is 1. The van der Waals surface area contributed by atoms with Crippen molar-refractivity contribution in [3.8, 4) is 11.8 Å². The van der Waals surface area contributed by atoms with E-state index in [0.717, 1.165) is 25.4 Å². The third-order valence-corrected chi connectivity index (χ3v) is 1.88. The zero-order valence-electron chi connectivity index (χ0n) is 7.77. The van der Waals surface area contributed by atoms with E-state index in [-0.39, 0.29) is 0 Å². The van der Waals surface area contributed by atoms with Gasteiger partial charge in [0, 0.05) is 12.5 Å². The Morgan fingerprint density at radius 2 is 2.25 bits per heavy atom. The average molecular weight is 163 g/mol. The molecule has 1 fully saturated rings. The van der Waals surface area contributed by atoms with Gasteiger partial charge in [0.25, 0.3) is 0 Å². The molecule has 1 rings (SSSR count). The van der Waals surface area contributed by atoms with Gasteiger partial charge in [-0.05, 0) is 32.7 Å². The second-order valence-corrected chi connectivity index (χ2v) is 3.12. The van der Waals surface area contributed by atoms with Crippen LogP contribution in [-0.2, 0) is 0 Å². The maximum Gasteiger partial charge on any atom is 0.0269 e. The summed E-state index contributed by atoms with van der Waals surface area (Å²) in [6.07, 6.45) is 9.16. The Bertz CT molecular complexity index is 191. The number of rotatable bonds is 5. The highest BCUT2D eigenvalue weighted by molar-refractivity contribution is 5.02. The maximum atomic E-state index is 3.46. The summed E-state index contributed by atoms with van der Waals surface area (Å²) in [5.41, 5.74) is 0. The van der Waals surface area contributed by atoms with E-state index in [1.165, 1.54) is 12.8 Å². The van der Waals surface area contributed by atoms with Gasteiger partial charge in [-0.2, -0.15) is 0 Å². The van der Waals surface area contributed by atoms with Gasteiger partial charge in [0.1, 0.15) is 0 Å². The van der Waals surface area contributed by atoms with Gasteiger partial charge in [0.05, 0.1) is 0 Å². The van der Waals surface area contributed by atoms with Crippen molar-refractivity contribution in [1.82, 2.24) is 5.32 Å². The van der Waals surface area contributed by atoms with Gasteiger partial charge < -0.3 is 5.32 Å². The van der Waals surface area contributed by atoms with E-state index in [9.17, 15) is 0 Å². The second-order valence-electron chi connectivity index (χ2n) is 3.12. The fourth-order valence-electron chi connectivity index (χ4n) is 1.02. The van der Waals surface area contributed by atoms with Crippen molar-refractivity contribution in [3.63, 3.8) is 0 Å². The fourth-order valence-corrected chi connectivity index (χ4v) is 1.02. The van der Waals surface area contributed by atoms with Crippen LogP contribution in [0.2, 0.25) is 0 Å². The van der Waals surface area contributed by atoms with E-state index >= 15 is 0 Å². The molecule has 1 aliphatic carbocycles. The minimum Gasteiger partial charge on any atom is -0.314 e. The van der Waals surface area contributed by atoms with Crippen molar-refractivity contribution in [2.24, 2.45) is 0 Å². The lowest BCUT2D eigenvalue weighted by atomic mass is 10.3. The van der Waals surface area contributed by atoms with E-state index in [1.54, 1.807) is 0 Å². The van der Waals surface area contributed by atoms with Crippen molar-refractivity contribution >= 4 is 0 Å². The predicted octanol–water partition coefficient (Wildman–Crippen LogP) is 2.10. The van der Waals surface area contributed by atoms with Crippen LogP contribution < -0.4 is 5.32 Å². The molecule has 0 heterocycles. The molecule has 0 amide bonds. The molecule has 0 radical (unpaired) electrons. The lowest BCUT2D eigenvalue weighted by Crippen LogP contribution is -2.16. The Labute approximate surface area is 75.2 Å². The lowest BCUT2D eigenvalue weighted by Gasteiger charge is -1.96. The second kappa shape index (κ2) is 5.85. The van der Waals surface area contributed by atoms with Crippen LogP contribution in [0.1, 0.15) is 32.6 Å². The normalized spacial score (nSPS) is 16.1. The van der Waals surface area contributed by atoms with Gasteiger partial charge in [-0.3, -0.25) is 0 Å². The van der Waals surface area contributed by atoms with Crippen molar-refractivity contribution < 1.29 is 0 Å². The predicted molar refractivity (Wildman–Crippen MR) is 52.8 cm³/mol. The van der Waals surface area contributed by atoms with Crippen LogP contribution in [-0.4, -0.2) is 12.6 Å². The average Bonchev–Trinajstić information content (AvgIpc) is 2.87. The molecule has 0 bridgehead atoms. The molecular weight excluding hydrogens is 146 g/mol. The SMILES string of the molecule is CC#CCC=CCCNC1CC1. The van der Waals surface area contributed by atoms with Crippen LogP contribution in [0.25, 0.3) is 0 Å². The molecular formula is C11H17N. The van der Waals surface area contributed by atoms with Crippen LogP contribution in [0, 0.1) is 11.8 Å². The molecule has 0 saturated heterocycles. The first-order valence-corrected chi connectivity index (χ1v) is 4.71. The third kappa shape index (κ3) is 4.98. The van der Waals surface area contributed by atoms with E-state index in [4.69, 9.17) is 0 Å². The van der Waals surface area contributed by atoms with Crippen molar-refractivity contribution in [3.05, 3.63) is 12.2 Å². The van der Waals surface area contributed by atoms with Gasteiger partial charge in [0.2, 0.25) is 0 Å². The summed E-state index contributed by atoms with van der Waals surface area (Å²) < 4.78 is 0. The molecule has 0 aromatic heterocycles. The summed E-state index contributed by atoms with van der Waals surface area (Å²) in [7, 11) is 0. The summed E-state index contributed by atoms with van der Waals surface area (Å²) in [5.74, 6) is 5.87. The van der Waals surface area contributed by atoms with Crippen LogP contribution in [0.5, 0.6) is 0 Å². The van der Waals surface area contributed by atoms with Crippen LogP contribution >= 0.6 is 0 Å². The molecule has 12 heavy (non-hydrogen) atoms. The molecule has 66 valence electrons. The van der Waals surface area contributed by atoms with E-state index < -0.39 is 0 Å². The molecule has 1 aliphatic rings. The zero-order chi connectivity index (χ0) is 8.65. The van der Waals surface area contributed by atoms with E-state index in [1.807, 2.05) is 6.92 Å². The molecule has 1 nitrogen and oxygen atoms in total. The zero-order valence-corrected chi connectivity index (χ0v) is 7.77. The van der Waals surface area contributed by atoms with Crippen LogP contribution in [0.4, 0.5) is 0 Å². The van der Waals surface area contributed by atoms with Gasteiger partial charge in [-0.15, -0.1) is 5.92 Å². The summed E-state index contributed by atoms with van der Waals surface area (Å²) in [5, 5.41) is 3.46. The monoisotopic (exact) mass is 163 g/mol. The van der Waals surface area contributed by atoms with Gasteiger partial charge in [-0.1, -0.05) is 18.1 Å². The lowest BCUT2D eigenvalue weighted by molar-refractivity contribution is 0.690. The molecule has 0 atom stereocenters. The molecule has 0 aromatic rings. The fraction of sp³-hybridized carbons (Fsp3) is 0.636. The van der Waals surface area contributed by atoms with E-state index in [0.29, 0.717) is 0 Å². The Balaban J connectivity index is 1.85. The molecule has 1 saturated carbocycles. The van der Waals surface area contributed by atoms with E-state index in [2.05, 4.69) is 29.3 Å². The highest BCUT2D eigenvalue weighted by Crippen LogP contribution is 2.18. The quantitative estimate of drug-likeness (QED) is 0.372. The highest BCUT2D eigenvalue weighted by Gasteiger charge is 2.18. The molecule has 1 heteroatoms. The summed E-state index contributed by atoms with van der Waals surface area (Å²) in [6.45, 7) is 3.00. The summed E-state index contributed by atoms with van der Waals surface area (Å²) >= 11 is 0. The number of hydrogen-bond acceptors (Lipinski definition) is 1. The largest absolute Gasteiger partial charge is 0.314 e. The maximum absolute atomic E-state index is 3.46. The molecule has 0 unspecified atom stereocenters. The standard InChI is InChI=1S/C11H17N/c1-2-3-4-5-6-7-10-12-11-8-9-11/h5-6,11-12H,4,7-10H2,1H3. The van der Waals surface area contributed by atoms with Gasteiger partial charge >= 0.3 is 0 Å². The Kier molecular flexibility index (Phi) is 4.56. The van der Waals surface area contributed by atoms with Crippen LogP contribution in [0.3, 0.4) is 0 Å². The first-order valence-electron chi connectivity index (χ1n) is 4.71. The first-order chi connectivity index (χ1) is 5.93. The highest BCUT2D eigenvalue weighted by atomic mass is 14.9. The Morgan fingerprint density at radius 1 is 1.42 bits per heavy atom. The smallest absolute Gasteiger partial charge is 0.0269 e. The Morgan fingerprint density at radius 3 is 2.92 bits per heavy atom. The van der Waals surface area contributed by atoms with Gasteiger partial charge in [0.15, 0.2) is 0 Å². The molecule has 1 N–H and O–H groups in total. The molecule has 0 aliphatic heterocycles. The van der Waals surface area contributed by atoms with Crippen molar-refractivity contribution in [2.75, 3.05) is 6.54 Å². The van der Waals surface area contributed by atoms with Crippen molar-refractivity contribution in [1.29, 1.82) is 0 Å². The minimum atomic E-state index is 0.842. The topological polar surface area (TPSA) is 12.0 Å². The Hall–Kier alpha value is -0.740.